The molecule has 1 heterocycles. The molecule has 5 heteroatoms. The molecule has 0 aromatic carbocycles. The predicted octanol–water partition coefficient (Wildman–Crippen LogP) is 1.33. The molecule has 2 rings (SSSR count). The molecule has 0 radical (unpaired) electrons. The first-order valence-corrected chi connectivity index (χ1v) is 5.43. The van der Waals surface area contributed by atoms with Crippen LogP contribution in [0.15, 0.2) is 10.6 Å². The normalized spacial score (nSPS) is 19.4. The Labute approximate surface area is 93.8 Å². The minimum Gasteiger partial charge on any atom is -0.480 e. The van der Waals surface area contributed by atoms with Crippen LogP contribution in [0.3, 0.4) is 0 Å². The van der Waals surface area contributed by atoms with Gasteiger partial charge in [0.2, 0.25) is 0 Å². The standard InChI is InChI=1S/C11H16N2O3/c1-7-5-9(13-16-7)6-12-11(2,10(14)15)8-3-4-8/h5,8,12H,3-4,6H2,1-2H3,(H,14,15). The van der Waals surface area contributed by atoms with Gasteiger partial charge in [0.05, 0.1) is 5.69 Å². The van der Waals surface area contributed by atoms with Crippen molar-refractivity contribution in [3.63, 3.8) is 0 Å². The van der Waals surface area contributed by atoms with Crippen LogP contribution in [0.5, 0.6) is 0 Å². The summed E-state index contributed by atoms with van der Waals surface area (Å²) < 4.78 is 4.93. The maximum absolute atomic E-state index is 11.2. The Bertz CT molecular complexity index is 398. The Kier molecular flexibility index (Phi) is 2.71. The Morgan fingerprint density at radius 1 is 1.75 bits per heavy atom. The zero-order valence-corrected chi connectivity index (χ0v) is 9.49. The summed E-state index contributed by atoms with van der Waals surface area (Å²) in [6, 6.07) is 1.81. The lowest BCUT2D eigenvalue weighted by Crippen LogP contribution is -2.51. The number of rotatable bonds is 5. The number of nitrogens with one attached hydrogen (secondary N) is 1. The lowest BCUT2D eigenvalue weighted by molar-refractivity contribution is -0.145. The number of nitrogens with zero attached hydrogens (tertiary/aromatic N) is 1. The minimum absolute atomic E-state index is 0.234. The Hall–Kier alpha value is -1.36. The molecular weight excluding hydrogens is 208 g/mol. The Morgan fingerprint density at radius 2 is 2.44 bits per heavy atom. The van der Waals surface area contributed by atoms with Crippen molar-refractivity contribution in [2.45, 2.75) is 38.8 Å². The van der Waals surface area contributed by atoms with Gasteiger partial charge in [0.1, 0.15) is 11.3 Å². The van der Waals surface area contributed by atoms with Crippen LogP contribution in [0, 0.1) is 12.8 Å². The van der Waals surface area contributed by atoms with Gasteiger partial charge < -0.3 is 9.63 Å². The SMILES string of the molecule is Cc1cc(CNC(C)(C(=O)O)C2CC2)no1. The van der Waals surface area contributed by atoms with Gasteiger partial charge in [0, 0.05) is 12.6 Å². The van der Waals surface area contributed by atoms with E-state index in [1.54, 1.807) is 6.92 Å². The summed E-state index contributed by atoms with van der Waals surface area (Å²) in [5.41, 5.74) is -0.0991. The van der Waals surface area contributed by atoms with Gasteiger partial charge in [-0.05, 0) is 32.6 Å². The summed E-state index contributed by atoms with van der Waals surface area (Å²) in [5, 5.41) is 16.1. The average Bonchev–Trinajstić information content (AvgIpc) is 2.99. The van der Waals surface area contributed by atoms with Crippen molar-refractivity contribution >= 4 is 5.97 Å². The third-order valence-electron chi connectivity index (χ3n) is 3.15. The van der Waals surface area contributed by atoms with Gasteiger partial charge in [0.25, 0.3) is 0 Å². The number of aryl methyl sites for hydroxylation is 1. The number of carboxylic acid groups (broad SMARTS) is 1. The number of aliphatic carboxylic acids is 1. The lowest BCUT2D eigenvalue weighted by Gasteiger charge is -2.25. The molecule has 16 heavy (non-hydrogen) atoms. The molecule has 5 nitrogen and oxygen atoms in total. The van der Waals surface area contributed by atoms with Crippen LogP contribution in [0.2, 0.25) is 0 Å². The van der Waals surface area contributed by atoms with Gasteiger partial charge in [-0.25, -0.2) is 0 Å². The summed E-state index contributed by atoms with van der Waals surface area (Å²) in [6.45, 7) is 3.98. The number of carbonyl (C=O) groups is 1. The van der Waals surface area contributed by atoms with Gasteiger partial charge in [-0.15, -0.1) is 0 Å². The van der Waals surface area contributed by atoms with E-state index in [1.807, 2.05) is 13.0 Å². The molecule has 88 valence electrons. The highest BCUT2D eigenvalue weighted by molar-refractivity contribution is 5.79. The fourth-order valence-corrected chi connectivity index (χ4v) is 1.83. The monoisotopic (exact) mass is 224 g/mol. The second-order valence-corrected chi connectivity index (χ2v) is 4.56. The molecular formula is C11H16N2O3. The highest BCUT2D eigenvalue weighted by Gasteiger charge is 2.47. The zero-order chi connectivity index (χ0) is 11.8. The molecule has 1 aromatic heterocycles. The number of carboxylic acids is 1. The van der Waals surface area contributed by atoms with Crippen LogP contribution in [0.4, 0.5) is 0 Å². The smallest absolute Gasteiger partial charge is 0.323 e. The molecule has 1 unspecified atom stereocenters. The summed E-state index contributed by atoms with van der Waals surface area (Å²) in [7, 11) is 0. The number of hydrogen-bond donors (Lipinski definition) is 2. The molecule has 0 aliphatic heterocycles. The van der Waals surface area contributed by atoms with Gasteiger partial charge in [-0.2, -0.15) is 0 Å². The lowest BCUT2D eigenvalue weighted by atomic mass is 9.96. The molecule has 1 aliphatic carbocycles. The van der Waals surface area contributed by atoms with Crippen LogP contribution in [0.25, 0.3) is 0 Å². The van der Waals surface area contributed by atoms with Crippen molar-refractivity contribution in [3.8, 4) is 0 Å². The quantitative estimate of drug-likeness (QED) is 0.789. The predicted molar refractivity (Wildman–Crippen MR) is 56.8 cm³/mol. The van der Waals surface area contributed by atoms with Gasteiger partial charge >= 0.3 is 5.97 Å². The number of aromatic nitrogens is 1. The van der Waals surface area contributed by atoms with Crippen LogP contribution >= 0.6 is 0 Å². The molecule has 0 spiro atoms. The molecule has 2 N–H and O–H groups in total. The summed E-state index contributed by atoms with van der Waals surface area (Å²) in [5.74, 6) is 0.175. The van der Waals surface area contributed by atoms with E-state index in [1.165, 1.54) is 0 Å². The summed E-state index contributed by atoms with van der Waals surface area (Å²) >= 11 is 0. The largest absolute Gasteiger partial charge is 0.480 e. The molecule has 1 atom stereocenters. The van der Waals surface area contributed by atoms with Crippen LogP contribution in [-0.2, 0) is 11.3 Å². The Morgan fingerprint density at radius 3 is 2.88 bits per heavy atom. The van der Waals surface area contributed by atoms with Crippen LogP contribution in [-0.4, -0.2) is 21.8 Å². The third kappa shape index (κ3) is 2.09. The van der Waals surface area contributed by atoms with Gasteiger partial charge in [-0.3, -0.25) is 10.1 Å². The summed E-state index contributed by atoms with van der Waals surface area (Å²) in [4.78, 5) is 11.2. The van der Waals surface area contributed by atoms with Crippen molar-refractivity contribution < 1.29 is 14.4 Å². The Balaban J connectivity index is 1.99. The molecule has 1 fully saturated rings. The van der Waals surface area contributed by atoms with E-state index in [0.29, 0.717) is 6.54 Å². The second kappa shape index (κ2) is 3.90. The van der Waals surface area contributed by atoms with E-state index in [-0.39, 0.29) is 5.92 Å². The van der Waals surface area contributed by atoms with Crippen molar-refractivity contribution in [2.75, 3.05) is 0 Å². The first kappa shape index (κ1) is 11.1. The average molecular weight is 224 g/mol. The van der Waals surface area contributed by atoms with Crippen LogP contribution in [0.1, 0.15) is 31.2 Å². The van der Waals surface area contributed by atoms with E-state index in [2.05, 4.69) is 10.5 Å². The van der Waals surface area contributed by atoms with E-state index in [9.17, 15) is 9.90 Å². The van der Waals surface area contributed by atoms with E-state index >= 15 is 0 Å². The van der Waals surface area contributed by atoms with E-state index in [4.69, 9.17) is 4.52 Å². The van der Waals surface area contributed by atoms with E-state index < -0.39 is 11.5 Å². The maximum Gasteiger partial charge on any atom is 0.323 e. The third-order valence-corrected chi connectivity index (χ3v) is 3.15. The van der Waals surface area contributed by atoms with Crippen molar-refractivity contribution in [2.24, 2.45) is 5.92 Å². The first-order valence-electron chi connectivity index (χ1n) is 5.43. The van der Waals surface area contributed by atoms with Gasteiger partial charge in [0.15, 0.2) is 0 Å². The molecule has 0 bridgehead atoms. The minimum atomic E-state index is -0.840. The first-order chi connectivity index (χ1) is 7.52. The molecule has 1 aliphatic rings. The summed E-state index contributed by atoms with van der Waals surface area (Å²) in [6.07, 6.45) is 1.96. The zero-order valence-electron chi connectivity index (χ0n) is 9.49. The molecule has 0 amide bonds. The fraction of sp³-hybridized carbons (Fsp3) is 0.636. The van der Waals surface area contributed by atoms with Crippen molar-refractivity contribution in [1.29, 1.82) is 0 Å². The molecule has 1 saturated carbocycles. The van der Waals surface area contributed by atoms with E-state index in [0.717, 1.165) is 24.3 Å². The number of hydrogen-bond acceptors (Lipinski definition) is 4. The second-order valence-electron chi connectivity index (χ2n) is 4.56. The van der Waals surface area contributed by atoms with Crippen molar-refractivity contribution in [1.82, 2.24) is 10.5 Å². The van der Waals surface area contributed by atoms with Crippen LogP contribution < -0.4 is 5.32 Å². The van der Waals surface area contributed by atoms with Gasteiger partial charge in [-0.1, -0.05) is 5.16 Å². The fourth-order valence-electron chi connectivity index (χ4n) is 1.83. The highest BCUT2D eigenvalue weighted by atomic mass is 16.5. The molecule has 0 saturated heterocycles. The van der Waals surface area contributed by atoms with Crippen molar-refractivity contribution in [3.05, 3.63) is 17.5 Å². The topological polar surface area (TPSA) is 75.4 Å². The molecule has 1 aromatic rings. The highest BCUT2D eigenvalue weighted by Crippen LogP contribution is 2.39. The maximum atomic E-state index is 11.2.